The van der Waals surface area contributed by atoms with Crippen LogP contribution in [-0.2, 0) is 9.68 Å². The molecule has 0 saturated heterocycles. The maximum atomic E-state index is 6.30. The van der Waals surface area contributed by atoms with E-state index in [-0.39, 0.29) is 12.1 Å². The summed E-state index contributed by atoms with van der Waals surface area (Å²) in [6, 6.07) is 22.3. The molecule has 0 amide bonds. The lowest BCUT2D eigenvalue weighted by Crippen LogP contribution is -2.33. The molecule has 0 spiro atoms. The number of aryl methyl sites for hydroxylation is 2. The molecule has 6 aromatic rings. The number of nitrogens with one attached hydrogen (secondary N) is 3. The molecule has 6 heterocycles. The van der Waals surface area contributed by atoms with Crippen LogP contribution in [0.25, 0.3) is 5.69 Å². The van der Waals surface area contributed by atoms with Crippen molar-refractivity contribution in [3.63, 3.8) is 0 Å². The highest BCUT2D eigenvalue weighted by Crippen LogP contribution is 2.30. The van der Waals surface area contributed by atoms with Crippen LogP contribution in [0.3, 0.4) is 0 Å². The Balaban J connectivity index is 0.000000165. The number of hydrogen-bond acceptors (Lipinski definition) is 12. The summed E-state index contributed by atoms with van der Waals surface area (Å²) in [7, 11) is 3.15. The number of hydrogen-bond donors (Lipinski definition) is 3. The molecule has 2 aromatic carbocycles. The van der Waals surface area contributed by atoms with Crippen LogP contribution in [0.1, 0.15) is 46.0 Å². The summed E-state index contributed by atoms with van der Waals surface area (Å²) in [4.78, 5) is 40.2. The Bertz CT molecular complexity index is 2270. The second kappa shape index (κ2) is 18.8. The van der Waals surface area contributed by atoms with Crippen molar-refractivity contribution in [3.05, 3.63) is 146 Å². The van der Waals surface area contributed by atoms with Crippen molar-refractivity contribution in [2.75, 3.05) is 27.4 Å². The van der Waals surface area contributed by atoms with Gasteiger partial charge < -0.3 is 19.0 Å². The van der Waals surface area contributed by atoms with Gasteiger partial charge in [-0.2, -0.15) is 0 Å². The van der Waals surface area contributed by atoms with Crippen LogP contribution in [0.15, 0.2) is 112 Å². The van der Waals surface area contributed by atoms with Crippen LogP contribution in [0, 0.1) is 13.8 Å². The number of halogens is 3. The summed E-state index contributed by atoms with van der Waals surface area (Å²) in [5, 5.41) is 1.33. The topological polar surface area (TPSA) is 158 Å². The molecule has 2 unspecified atom stereocenters. The van der Waals surface area contributed by atoms with Gasteiger partial charge in [-0.25, -0.2) is 30.9 Å². The number of pyridine rings is 2. The van der Waals surface area contributed by atoms with Crippen molar-refractivity contribution in [2.24, 2.45) is 9.98 Å². The lowest BCUT2D eigenvalue weighted by atomic mass is 10.1. The first-order chi connectivity index (χ1) is 26.7. The molecule has 4 aromatic heterocycles. The van der Waals surface area contributed by atoms with E-state index in [2.05, 4.69) is 56.8 Å². The highest BCUT2D eigenvalue weighted by Gasteiger charge is 2.23. The number of ether oxygens (including phenoxy) is 2. The monoisotopic (exact) mass is 846 g/mol. The van der Waals surface area contributed by atoms with Crippen molar-refractivity contribution in [1.29, 1.82) is 0 Å². The zero-order valence-corrected chi connectivity index (χ0v) is 33.3. The zero-order chi connectivity index (χ0) is 38.7. The molecule has 0 radical (unpaired) electrons. The fourth-order valence-electron chi connectivity index (χ4n) is 5.35. The van der Waals surface area contributed by atoms with Crippen LogP contribution in [-0.4, -0.2) is 68.6 Å². The number of H-pyrrole nitrogens is 1. The predicted molar refractivity (Wildman–Crippen MR) is 214 cm³/mol. The molecular formula is C38H37BrCl2N10O4. The molecule has 8 rings (SSSR count). The average Bonchev–Trinajstić information content (AvgIpc) is 3.89. The second-order valence-corrected chi connectivity index (χ2v) is 13.6. The SMILES string of the molecule is COc1nc(C2=NC(c3ccccc3Cl)CON2)ccc1-n1cnc(C)c1.COc1nc(C2=NC(c3ccccc3Cl)CON2)ccc1Br.Cc1cnc[nH]1. The van der Waals surface area contributed by atoms with E-state index < -0.39 is 0 Å². The average molecular weight is 849 g/mol. The van der Waals surface area contributed by atoms with Crippen molar-refractivity contribution in [2.45, 2.75) is 25.9 Å². The van der Waals surface area contributed by atoms with E-state index in [1.807, 2.05) is 97.4 Å². The van der Waals surface area contributed by atoms with E-state index in [1.54, 1.807) is 33.1 Å². The van der Waals surface area contributed by atoms with Gasteiger partial charge in [0.05, 0.1) is 37.0 Å². The molecule has 17 heteroatoms. The van der Waals surface area contributed by atoms with Crippen LogP contribution < -0.4 is 20.4 Å². The maximum Gasteiger partial charge on any atom is 0.238 e. The van der Waals surface area contributed by atoms with Crippen molar-refractivity contribution in [3.8, 4) is 17.4 Å². The quantitative estimate of drug-likeness (QED) is 0.147. The number of aromatic nitrogens is 6. The van der Waals surface area contributed by atoms with E-state index in [0.717, 1.165) is 32.7 Å². The maximum absolute atomic E-state index is 6.30. The van der Waals surface area contributed by atoms with Gasteiger partial charge in [-0.3, -0.25) is 19.7 Å². The number of amidine groups is 2. The van der Waals surface area contributed by atoms with Crippen molar-refractivity contribution >= 4 is 50.8 Å². The summed E-state index contributed by atoms with van der Waals surface area (Å²) < 4.78 is 13.3. The minimum atomic E-state index is -0.210. The van der Waals surface area contributed by atoms with Crippen LogP contribution in [0.5, 0.6) is 11.8 Å². The molecule has 2 aliphatic heterocycles. The normalized spacial score (nSPS) is 16.1. The number of aliphatic imine (C=N–C) groups is 2. The fourth-order valence-corrected chi connectivity index (χ4v) is 6.26. The number of imidazole rings is 2. The number of nitrogens with zero attached hydrogens (tertiary/aromatic N) is 7. The highest BCUT2D eigenvalue weighted by atomic mass is 79.9. The molecule has 0 bridgehead atoms. The first kappa shape index (κ1) is 39.4. The van der Waals surface area contributed by atoms with Crippen LogP contribution in [0.4, 0.5) is 0 Å². The third-order valence-electron chi connectivity index (χ3n) is 8.07. The second-order valence-electron chi connectivity index (χ2n) is 11.9. The molecule has 14 nitrogen and oxygen atoms in total. The largest absolute Gasteiger partial charge is 0.480 e. The molecule has 2 aliphatic rings. The number of aromatic amines is 1. The molecule has 284 valence electrons. The number of benzene rings is 2. The van der Waals surface area contributed by atoms with Gasteiger partial charge in [0.2, 0.25) is 11.8 Å². The summed E-state index contributed by atoms with van der Waals surface area (Å²) in [5.74, 6) is 2.02. The summed E-state index contributed by atoms with van der Waals surface area (Å²) >= 11 is 15.9. The highest BCUT2D eigenvalue weighted by molar-refractivity contribution is 9.10. The van der Waals surface area contributed by atoms with Gasteiger partial charge in [-0.15, -0.1) is 0 Å². The Morgan fingerprint density at radius 1 is 0.764 bits per heavy atom. The van der Waals surface area contributed by atoms with Gasteiger partial charge in [0.25, 0.3) is 0 Å². The van der Waals surface area contributed by atoms with Gasteiger partial charge >= 0.3 is 0 Å². The Kier molecular flexibility index (Phi) is 13.5. The molecule has 3 N–H and O–H groups in total. The summed E-state index contributed by atoms with van der Waals surface area (Å²) in [6.45, 7) is 4.68. The molecule has 0 aliphatic carbocycles. The third-order valence-corrected chi connectivity index (χ3v) is 9.36. The lowest BCUT2D eigenvalue weighted by molar-refractivity contribution is 0.0620. The lowest BCUT2D eigenvalue weighted by Gasteiger charge is -2.22. The van der Waals surface area contributed by atoms with Gasteiger partial charge in [0.15, 0.2) is 11.7 Å². The third kappa shape index (κ3) is 10.1. The Morgan fingerprint density at radius 3 is 1.80 bits per heavy atom. The first-order valence-electron chi connectivity index (χ1n) is 16.9. The number of methoxy groups -OCH3 is 2. The van der Waals surface area contributed by atoms with E-state index in [4.69, 9.17) is 47.3 Å². The van der Waals surface area contributed by atoms with Gasteiger partial charge in [0, 0.05) is 28.1 Å². The molecule has 2 atom stereocenters. The van der Waals surface area contributed by atoms with E-state index >= 15 is 0 Å². The van der Waals surface area contributed by atoms with Gasteiger partial charge in [-0.05, 0) is 77.3 Å². The summed E-state index contributed by atoms with van der Waals surface area (Å²) in [6.07, 6.45) is 7.07. The van der Waals surface area contributed by atoms with Crippen molar-refractivity contribution < 1.29 is 19.1 Å². The predicted octanol–water partition coefficient (Wildman–Crippen LogP) is 7.51. The molecular weight excluding hydrogens is 811 g/mol. The van der Waals surface area contributed by atoms with Gasteiger partial charge in [-0.1, -0.05) is 59.6 Å². The minimum absolute atomic E-state index is 0.179. The minimum Gasteiger partial charge on any atom is -0.480 e. The zero-order valence-electron chi connectivity index (χ0n) is 30.2. The molecule has 55 heavy (non-hydrogen) atoms. The van der Waals surface area contributed by atoms with E-state index in [0.29, 0.717) is 58.1 Å². The Morgan fingerprint density at radius 2 is 1.33 bits per heavy atom. The Hall–Kier alpha value is -5.32. The first-order valence-corrected chi connectivity index (χ1v) is 18.4. The van der Waals surface area contributed by atoms with E-state index in [9.17, 15) is 0 Å². The standard InChI is InChI=1S/C19H18ClN5O2.C15H13BrClN3O2.C4H6N2/c1-12-9-25(11-21-12)17-8-7-15(23-19(17)26-2)18-22-16(10-27-24-18)13-5-3-4-6-14(13)20;1-21-15-10(16)6-7-12(19-15)14-18-13(8-22-20-14)9-4-2-3-5-11(9)17;1-4-2-5-3-6-4/h3-9,11,16H,10H2,1-2H3,(H,22,24);2-7,13H,8H2,1H3,(H,18,20);2-3H,1H3,(H,5,6). The smallest absolute Gasteiger partial charge is 0.238 e. The summed E-state index contributed by atoms with van der Waals surface area (Å²) in [5.41, 5.74) is 11.5. The van der Waals surface area contributed by atoms with Crippen LogP contribution in [0.2, 0.25) is 10.0 Å². The van der Waals surface area contributed by atoms with Crippen LogP contribution >= 0.6 is 39.1 Å². The fraction of sp³-hybridized carbons (Fsp3) is 0.211. The molecule has 0 saturated carbocycles. The Labute approximate surface area is 336 Å². The number of rotatable bonds is 7. The molecule has 0 fully saturated rings. The van der Waals surface area contributed by atoms with Gasteiger partial charge in [0.1, 0.15) is 42.4 Å². The van der Waals surface area contributed by atoms with Crippen molar-refractivity contribution in [1.82, 2.24) is 40.4 Å². The number of hydroxylamine groups is 2. The van der Waals surface area contributed by atoms with E-state index in [1.165, 1.54) is 0 Å².